The van der Waals surface area contributed by atoms with Crippen molar-refractivity contribution in [2.45, 2.75) is 52.2 Å². The predicted octanol–water partition coefficient (Wildman–Crippen LogP) is 2.43. The molecule has 0 aromatic rings. The third kappa shape index (κ3) is 4.96. The van der Waals surface area contributed by atoms with Gasteiger partial charge in [0, 0.05) is 6.42 Å². The smallest absolute Gasteiger partial charge is 0.408 e. The summed E-state index contributed by atoms with van der Waals surface area (Å²) >= 11 is 0. The molecule has 1 atom stereocenters. The number of carbonyl (C=O) groups is 2. The summed E-state index contributed by atoms with van der Waals surface area (Å²) in [5.41, 5.74) is -0.587. The Morgan fingerprint density at radius 2 is 1.88 bits per heavy atom. The van der Waals surface area contributed by atoms with Crippen LogP contribution in [-0.2, 0) is 9.53 Å². The molecular formula is C12H21NO3. The van der Waals surface area contributed by atoms with Gasteiger partial charge in [0.1, 0.15) is 11.9 Å². The van der Waals surface area contributed by atoms with Crippen molar-refractivity contribution in [2.24, 2.45) is 0 Å². The topological polar surface area (TPSA) is 55.4 Å². The number of aldehydes is 1. The van der Waals surface area contributed by atoms with Gasteiger partial charge in [0.15, 0.2) is 0 Å². The van der Waals surface area contributed by atoms with E-state index in [4.69, 9.17) is 4.74 Å². The van der Waals surface area contributed by atoms with Crippen molar-refractivity contribution in [3.8, 4) is 0 Å². The number of alkyl carbamates (subject to hydrolysis) is 1. The Morgan fingerprint density at radius 3 is 2.19 bits per heavy atom. The number of carbonyl (C=O) groups excluding carboxylic acids is 2. The van der Waals surface area contributed by atoms with Crippen LogP contribution in [0.4, 0.5) is 4.79 Å². The Hall–Kier alpha value is -1.32. The molecule has 0 saturated heterocycles. The summed E-state index contributed by atoms with van der Waals surface area (Å²) in [5, 5.41) is 2.66. The lowest BCUT2D eigenvalue weighted by atomic mass is 9.91. The maximum Gasteiger partial charge on any atom is 0.408 e. The zero-order valence-electron chi connectivity index (χ0n) is 10.7. The summed E-state index contributed by atoms with van der Waals surface area (Å²) in [6, 6.07) is 0. The molecule has 0 aliphatic rings. The van der Waals surface area contributed by atoms with Crippen LogP contribution in [0.25, 0.3) is 0 Å². The van der Waals surface area contributed by atoms with Crippen LogP contribution in [0.1, 0.15) is 41.0 Å². The molecule has 1 N–H and O–H groups in total. The van der Waals surface area contributed by atoms with Gasteiger partial charge in [-0.2, -0.15) is 0 Å². The van der Waals surface area contributed by atoms with Crippen LogP contribution in [0.15, 0.2) is 12.2 Å². The second-order valence-corrected chi connectivity index (χ2v) is 5.11. The fourth-order valence-corrected chi connectivity index (χ4v) is 1.03. The first kappa shape index (κ1) is 14.7. The summed E-state index contributed by atoms with van der Waals surface area (Å²) in [4.78, 5) is 22.1. The highest BCUT2D eigenvalue weighted by Crippen LogP contribution is 2.18. The van der Waals surface area contributed by atoms with Gasteiger partial charge in [-0.1, -0.05) is 12.2 Å². The van der Waals surface area contributed by atoms with Gasteiger partial charge >= 0.3 is 6.09 Å². The van der Waals surface area contributed by atoms with Gasteiger partial charge in [0.05, 0.1) is 5.54 Å². The van der Waals surface area contributed by atoms with Crippen LogP contribution >= 0.6 is 0 Å². The highest BCUT2D eigenvalue weighted by Gasteiger charge is 2.29. The van der Waals surface area contributed by atoms with Crippen LogP contribution < -0.4 is 5.32 Å². The highest BCUT2D eigenvalue weighted by atomic mass is 16.6. The largest absolute Gasteiger partial charge is 0.444 e. The Bertz CT molecular complexity index is 291. The van der Waals surface area contributed by atoms with E-state index in [2.05, 4.69) is 11.9 Å². The molecule has 0 heterocycles. The molecule has 0 bridgehead atoms. The van der Waals surface area contributed by atoms with Gasteiger partial charge in [-0.3, -0.25) is 0 Å². The average Bonchev–Trinajstić information content (AvgIpc) is 1.99. The van der Waals surface area contributed by atoms with Crippen LogP contribution in [-0.4, -0.2) is 23.5 Å². The molecule has 0 fully saturated rings. The molecule has 0 spiro atoms. The van der Waals surface area contributed by atoms with Gasteiger partial charge < -0.3 is 14.8 Å². The van der Waals surface area contributed by atoms with E-state index < -0.39 is 17.2 Å². The molecular weight excluding hydrogens is 206 g/mol. The Balaban J connectivity index is 4.59. The summed E-state index contributed by atoms with van der Waals surface area (Å²) in [5.74, 6) is 0. The molecule has 1 amide bonds. The van der Waals surface area contributed by atoms with Crippen molar-refractivity contribution >= 4 is 12.4 Å². The lowest BCUT2D eigenvalue weighted by Crippen LogP contribution is -2.48. The SMILES string of the molecule is C=C(C)[C@@](C)(CC=O)NC(=O)OC(C)(C)C. The predicted molar refractivity (Wildman–Crippen MR) is 63.3 cm³/mol. The molecule has 4 nitrogen and oxygen atoms in total. The van der Waals surface area contributed by atoms with E-state index in [1.165, 1.54) is 0 Å². The third-order valence-corrected chi connectivity index (χ3v) is 2.21. The summed E-state index contributed by atoms with van der Waals surface area (Å²) in [6.45, 7) is 12.6. The summed E-state index contributed by atoms with van der Waals surface area (Å²) in [7, 11) is 0. The Morgan fingerprint density at radius 1 is 1.38 bits per heavy atom. The van der Waals surface area contributed by atoms with Crippen molar-refractivity contribution in [1.82, 2.24) is 5.32 Å². The maximum atomic E-state index is 11.6. The highest BCUT2D eigenvalue weighted by molar-refractivity contribution is 5.70. The molecule has 0 aliphatic heterocycles. The van der Waals surface area contributed by atoms with Crippen LogP contribution in [0, 0.1) is 0 Å². The van der Waals surface area contributed by atoms with Crippen molar-refractivity contribution < 1.29 is 14.3 Å². The first-order chi connectivity index (χ1) is 7.10. The number of ether oxygens (including phenoxy) is 1. The number of rotatable bonds is 4. The van der Waals surface area contributed by atoms with Crippen LogP contribution in [0.3, 0.4) is 0 Å². The summed E-state index contributed by atoms with van der Waals surface area (Å²) in [6.07, 6.45) is 0.396. The lowest BCUT2D eigenvalue weighted by molar-refractivity contribution is -0.108. The first-order valence-electron chi connectivity index (χ1n) is 5.21. The van der Waals surface area contributed by atoms with Crippen molar-refractivity contribution in [2.75, 3.05) is 0 Å². The Kier molecular flexibility index (Phi) is 4.72. The van der Waals surface area contributed by atoms with E-state index in [1.54, 1.807) is 34.6 Å². The van der Waals surface area contributed by atoms with Gasteiger partial charge in [-0.25, -0.2) is 4.79 Å². The molecule has 4 heteroatoms. The number of hydrogen-bond donors (Lipinski definition) is 1. The lowest BCUT2D eigenvalue weighted by Gasteiger charge is -2.31. The van der Waals surface area contributed by atoms with E-state index in [0.717, 1.165) is 6.29 Å². The molecule has 0 aromatic carbocycles. The molecule has 0 rings (SSSR count). The molecule has 0 aromatic heterocycles. The zero-order chi connectivity index (χ0) is 13.0. The minimum Gasteiger partial charge on any atom is -0.444 e. The van der Waals surface area contributed by atoms with E-state index >= 15 is 0 Å². The van der Waals surface area contributed by atoms with Crippen molar-refractivity contribution in [1.29, 1.82) is 0 Å². The molecule has 0 radical (unpaired) electrons. The van der Waals surface area contributed by atoms with Gasteiger partial charge in [-0.05, 0) is 34.6 Å². The first-order valence-corrected chi connectivity index (χ1v) is 5.21. The monoisotopic (exact) mass is 227 g/mol. The zero-order valence-corrected chi connectivity index (χ0v) is 10.7. The summed E-state index contributed by atoms with van der Waals surface area (Å²) < 4.78 is 5.12. The number of hydrogen-bond acceptors (Lipinski definition) is 3. The van der Waals surface area contributed by atoms with E-state index in [1.807, 2.05) is 0 Å². The molecule has 0 unspecified atom stereocenters. The minimum absolute atomic E-state index is 0.182. The maximum absolute atomic E-state index is 11.6. The second kappa shape index (κ2) is 5.14. The quantitative estimate of drug-likeness (QED) is 0.593. The standard InChI is InChI=1S/C12H21NO3/c1-9(2)12(6,7-8-14)13-10(15)16-11(3,4)5/h8H,1,7H2,2-6H3,(H,13,15)/t12-/m1/s1. The molecule has 0 aliphatic carbocycles. The minimum atomic E-state index is -0.746. The fraction of sp³-hybridized carbons (Fsp3) is 0.667. The molecule has 92 valence electrons. The van der Waals surface area contributed by atoms with E-state index in [-0.39, 0.29) is 6.42 Å². The van der Waals surface area contributed by atoms with E-state index in [0.29, 0.717) is 5.57 Å². The van der Waals surface area contributed by atoms with E-state index in [9.17, 15) is 9.59 Å². The Labute approximate surface area is 97.1 Å². The van der Waals surface area contributed by atoms with Crippen LogP contribution in [0.2, 0.25) is 0 Å². The van der Waals surface area contributed by atoms with Gasteiger partial charge in [-0.15, -0.1) is 0 Å². The number of amides is 1. The third-order valence-electron chi connectivity index (χ3n) is 2.21. The van der Waals surface area contributed by atoms with Gasteiger partial charge in [0.2, 0.25) is 0 Å². The second-order valence-electron chi connectivity index (χ2n) is 5.11. The average molecular weight is 227 g/mol. The van der Waals surface area contributed by atoms with Crippen LogP contribution in [0.5, 0.6) is 0 Å². The van der Waals surface area contributed by atoms with Crippen molar-refractivity contribution in [3.05, 3.63) is 12.2 Å². The van der Waals surface area contributed by atoms with Crippen molar-refractivity contribution in [3.63, 3.8) is 0 Å². The molecule has 16 heavy (non-hydrogen) atoms. The number of nitrogens with one attached hydrogen (secondary N) is 1. The molecule has 0 saturated carbocycles. The fourth-order valence-electron chi connectivity index (χ4n) is 1.03. The normalized spacial score (nSPS) is 14.8. The van der Waals surface area contributed by atoms with Gasteiger partial charge in [0.25, 0.3) is 0 Å².